The Labute approximate surface area is 134 Å². The molecule has 122 valence electrons. The van der Waals surface area contributed by atoms with Crippen LogP contribution in [0.25, 0.3) is 17.0 Å². The molecule has 2 aromatic rings. The highest BCUT2D eigenvalue weighted by atomic mass is 16.6. The van der Waals surface area contributed by atoms with Gasteiger partial charge in [0.25, 0.3) is 0 Å². The standard InChI is InChI=1S/C17H20N2O4/c1-5-18(2)17(21)23-13-7-8-14-12(6-9-16(20)22-4)11-19(3)15(14)10-13/h6-11H,5H2,1-4H3. The number of hydrogen-bond acceptors (Lipinski definition) is 4. The fourth-order valence-electron chi connectivity index (χ4n) is 2.13. The number of aryl methyl sites for hydroxylation is 1. The van der Waals surface area contributed by atoms with Crippen molar-refractivity contribution in [3.63, 3.8) is 0 Å². The molecule has 6 nitrogen and oxygen atoms in total. The first-order valence-electron chi connectivity index (χ1n) is 7.24. The zero-order valence-corrected chi connectivity index (χ0v) is 13.7. The molecule has 0 radical (unpaired) electrons. The number of fused-ring (bicyclic) bond motifs is 1. The number of carbonyl (C=O) groups is 2. The van der Waals surface area contributed by atoms with Crippen molar-refractivity contribution in [3.8, 4) is 5.75 Å². The van der Waals surface area contributed by atoms with Crippen molar-refractivity contribution >= 4 is 29.0 Å². The van der Waals surface area contributed by atoms with Gasteiger partial charge in [0, 0.05) is 49.9 Å². The van der Waals surface area contributed by atoms with E-state index in [2.05, 4.69) is 4.74 Å². The molecule has 0 aliphatic heterocycles. The van der Waals surface area contributed by atoms with Crippen LogP contribution >= 0.6 is 0 Å². The quantitative estimate of drug-likeness (QED) is 0.643. The summed E-state index contributed by atoms with van der Waals surface area (Å²) in [5, 5.41) is 0.955. The fourth-order valence-corrected chi connectivity index (χ4v) is 2.13. The Hall–Kier alpha value is -2.76. The number of rotatable bonds is 4. The summed E-state index contributed by atoms with van der Waals surface area (Å²) >= 11 is 0. The van der Waals surface area contributed by atoms with Crippen LogP contribution in [0.2, 0.25) is 0 Å². The number of hydrogen-bond donors (Lipinski definition) is 0. The van der Waals surface area contributed by atoms with Crippen molar-refractivity contribution < 1.29 is 19.1 Å². The van der Waals surface area contributed by atoms with Gasteiger partial charge in [-0.1, -0.05) is 0 Å². The topological polar surface area (TPSA) is 60.8 Å². The molecule has 23 heavy (non-hydrogen) atoms. The summed E-state index contributed by atoms with van der Waals surface area (Å²) in [7, 11) is 4.91. The third kappa shape index (κ3) is 3.71. The van der Waals surface area contributed by atoms with Gasteiger partial charge >= 0.3 is 12.1 Å². The lowest BCUT2D eigenvalue weighted by atomic mass is 10.1. The van der Waals surface area contributed by atoms with E-state index in [-0.39, 0.29) is 0 Å². The van der Waals surface area contributed by atoms with Gasteiger partial charge < -0.3 is 18.9 Å². The number of carbonyl (C=O) groups excluding carboxylic acids is 2. The van der Waals surface area contributed by atoms with Crippen LogP contribution in [-0.4, -0.2) is 42.2 Å². The van der Waals surface area contributed by atoms with E-state index >= 15 is 0 Å². The summed E-state index contributed by atoms with van der Waals surface area (Å²) in [6, 6.07) is 5.40. The van der Waals surface area contributed by atoms with E-state index in [1.54, 1.807) is 25.3 Å². The van der Waals surface area contributed by atoms with E-state index in [1.807, 2.05) is 30.8 Å². The maximum absolute atomic E-state index is 11.8. The molecule has 0 atom stereocenters. The van der Waals surface area contributed by atoms with Crippen LogP contribution in [0.3, 0.4) is 0 Å². The molecule has 1 aromatic heterocycles. The first-order valence-corrected chi connectivity index (χ1v) is 7.24. The van der Waals surface area contributed by atoms with Crippen LogP contribution < -0.4 is 4.74 Å². The fraction of sp³-hybridized carbons (Fsp3) is 0.294. The van der Waals surface area contributed by atoms with Crippen molar-refractivity contribution in [2.45, 2.75) is 6.92 Å². The number of methoxy groups -OCH3 is 1. The normalized spacial score (nSPS) is 11.0. The molecule has 6 heteroatoms. The summed E-state index contributed by atoms with van der Waals surface area (Å²) in [5.74, 6) is 0.0719. The van der Waals surface area contributed by atoms with E-state index in [0.29, 0.717) is 12.3 Å². The number of ether oxygens (including phenoxy) is 2. The van der Waals surface area contributed by atoms with Gasteiger partial charge in [0.05, 0.1) is 12.6 Å². The highest BCUT2D eigenvalue weighted by Crippen LogP contribution is 2.26. The highest BCUT2D eigenvalue weighted by Gasteiger charge is 2.11. The van der Waals surface area contributed by atoms with Crippen LogP contribution in [-0.2, 0) is 16.6 Å². The number of aromatic nitrogens is 1. The lowest BCUT2D eigenvalue weighted by Gasteiger charge is -2.14. The monoisotopic (exact) mass is 316 g/mol. The first kappa shape index (κ1) is 16.6. The highest BCUT2D eigenvalue weighted by molar-refractivity contribution is 5.95. The molecule has 0 saturated carbocycles. The van der Waals surface area contributed by atoms with Crippen molar-refractivity contribution in [3.05, 3.63) is 36.0 Å². The third-order valence-electron chi connectivity index (χ3n) is 3.58. The minimum atomic E-state index is -0.407. The van der Waals surface area contributed by atoms with Gasteiger partial charge in [-0.25, -0.2) is 9.59 Å². The molecule has 0 aliphatic rings. The van der Waals surface area contributed by atoms with Crippen LogP contribution in [0.4, 0.5) is 4.79 Å². The van der Waals surface area contributed by atoms with Crippen LogP contribution in [0, 0.1) is 0 Å². The number of nitrogens with zero attached hydrogens (tertiary/aromatic N) is 2. The molecular weight excluding hydrogens is 296 g/mol. The maximum atomic E-state index is 11.8. The average Bonchev–Trinajstić information content (AvgIpc) is 2.87. The second-order valence-corrected chi connectivity index (χ2v) is 5.11. The largest absolute Gasteiger partial charge is 0.466 e. The molecular formula is C17H20N2O4. The van der Waals surface area contributed by atoms with Gasteiger partial charge in [0.1, 0.15) is 5.75 Å². The number of esters is 1. The van der Waals surface area contributed by atoms with Gasteiger partial charge in [-0.3, -0.25) is 0 Å². The summed E-state index contributed by atoms with van der Waals surface area (Å²) < 4.78 is 11.8. The smallest absolute Gasteiger partial charge is 0.414 e. The van der Waals surface area contributed by atoms with Gasteiger partial charge in [0.2, 0.25) is 0 Å². The maximum Gasteiger partial charge on any atom is 0.414 e. The van der Waals surface area contributed by atoms with E-state index in [4.69, 9.17) is 4.74 Å². The minimum absolute atomic E-state index is 0.396. The van der Waals surface area contributed by atoms with Gasteiger partial charge in [0.15, 0.2) is 0 Å². The average molecular weight is 316 g/mol. The van der Waals surface area contributed by atoms with Crippen LogP contribution in [0.5, 0.6) is 5.75 Å². The molecule has 0 fully saturated rings. The zero-order chi connectivity index (χ0) is 17.0. The van der Waals surface area contributed by atoms with E-state index in [1.165, 1.54) is 18.1 Å². The Balaban J connectivity index is 2.31. The molecule has 0 N–H and O–H groups in total. The number of benzene rings is 1. The molecule has 1 aromatic carbocycles. The molecule has 0 saturated heterocycles. The Morgan fingerprint density at radius 1 is 1.35 bits per heavy atom. The molecule has 0 aliphatic carbocycles. The summed E-state index contributed by atoms with van der Waals surface area (Å²) in [6.45, 7) is 2.45. The number of amides is 1. The van der Waals surface area contributed by atoms with E-state index in [9.17, 15) is 9.59 Å². The van der Waals surface area contributed by atoms with Crippen LogP contribution in [0.1, 0.15) is 12.5 Å². The van der Waals surface area contributed by atoms with Crippen molar-refractivity contribution in [1.29, 1.82) is 0 Å². The summed E-state index contributed by atoms with van der Waals surface area (Å²) in [6.07, 6.45) is 4.57. The predicted octanol–water partition coefficient (Wildman–Crippen LogP) is 2.82. The SMILES string of the molecule is CCN(C)C(=O)Oc1ccc2c(C=CC(=O)OC)cn(C)c2c1. The minimum Gasteiger partial charge on any atom is -0.466 e. The molecule has 1 amide bonds. The van der Waals surface area contributed by atoms with Crippen LogP contribution in [0.15, 0.2) is 30.5 Å². The molecule has 0 spiro atoms. The predicted molar refractivity (Wildman–Crippen MR) is 88.3 cm³/mol. The molecule has 0 unspecified atom stereocenters. The zero-order valence-electron chi connectivity index (χ0n) is 13.7. The lowest BCUT2D eigenvalue weighted by molar-refractivity contribution is -0.134. The second kappa shape index (κ2) is 7.00. The Morgan fingerprint density at radius 2 is 2.09 bits per heavy atom. The third-order valence-corrected chi connectivity index (χ3v) is 3.58. The van der Waals surface area contributed by atoms with Gasteiger partial charge in [-0.2, -0.15) is 0 Å². The summed E-state index contributed by atoms with van der Waals surface area (Å²) in [5.41, 5.74) is 1.79. The van der Waals surface area contributed by atoms with Crippen molar-refractivity contribution in [1.82, 2.24) is 9.47 Å². The van der Waals surface area contributed by atoms with Gasteiger partial charge in [-0.15, -0.1) is 0 Å². The van der Waals surface area contributed by atoms with Crippen molar-refractivity contribution in [2.24, 2.45) is 7.05 Å². The first-order chi connectivity index (χ1) is 11.0. The molecule has 2 rings (SSSR count). The Morgan fingerprint density at radius 3 is 2.74 bits per heavy atom. The van der Waals surface area contributed by atoms with E-state index < -0.39 is 12.1 Å². The molecule has 1 heterocycles. The Bertz CT molecular complexity index is 761. The second-order valence-electron chi connectivity index (χ2n) is 5.11. The van der Waals surface area contributed by atoms with Crippen molar-refractivity contribution in [2.75, 3.05) is 20.7 Å². The van der Waals surface area contributed by atoms with E-state index in [0.717, 1.165) is 16.5 Å². The Kier molecular flexibility index (Phi) is 5.05. The molecule has 0 bridgehead atoms. The van der Waals surface area contributed by atoms with Gasteiger partial charge in [-0.05, 0) is 25.1 Å². The lowest BCUT2D eigenvalue weighted by Crippen LogP contribution is -2.29. The summed E-state index contributed by atoms with van der Waals surface area (Å²) in [4.78, 5) is 24.5.